The smallest absolute Gasteiger partial charge is 0.185 e. The lowest BCUT2D eigenvalue weighted by atomic mass is 10.1. The molecule has 0 saturated carbocycles. The molecule has 0 aliphatic rings. The van der Waals surface area contributed by atoms with E-state index in [1.807, 2.05) is 6.07 Å². The lowest BCUT2D eigenvalue weighted by molar-refractivity contribution is 0.104. The first-order chi connectivity index (χ1) is 12.5. The summed E-state index contributed by atoms with van der Waals surface area (Å²) in [6, 6.07) is 14.3. The van der Waals surface area contributed by atoms with Gasteiger partial charge in [0.25, 0.3) is 0 Å². The number of allylic oxidation sites excluding steroid dienone is 1. The zero-order chi connectivity index (χ0) is 18.7. The van der Waals surface area contributed by atoms with E-state index in [4.69, 9.17) is 16.9 Å². The lowest BCUT2D eigenvalue weighted by Gasteiger charge is -2.02. The van der Waals surface area contributed by atoms with Gasteiger partial charge in [-0.1, -0.05) is 23.7 Å². The number of ketones is 1. The van der Waals surface area contributed by atoms with Gasteiger partial charge in [0, 0.05) is 11.1 Å². The number of nitriles is 1. The number of hydrogen-bond donors (Lipinski definition) is 0. The van der Waals surface area contributed by atoms with Crippen LogP contribution in [0.1, 0.15) is 27.2 Å². The summed E-state index contributed by atoms with van der Waals surface area (Å²) in [5.74, 6) is -0.592. The maximum absolute atomic E-state index is 13.1. The Bertz CT molecular complexity index is 1050. The van der Waals surface area contributed by atoms with Gasteiger partial charge >= 0.3 is 0 Å². The van der Waals surface area contributed by atoms with Crippen LogP contribution in [0.5, 0.6) is 0 Å². The molecule has 1 heterocycles. The lowest BCUT2D eigenvalue weighted by Crippen LogP contribution is -1.96. The summed E-state index contributed by atoms with van der Waals surface area (Å²) >= 11 is 6.38. The molecule has 0 atom stereocenters. The highest BCUT2D eigenvalue weighted by Crippen LogP contribution is 2.25. The summed E-state index contributed by atoms with van der Waals surface area (Å²) in [4.78, 5) is 12.3. The van der Waals surface area contributed by atoms with E-state index < -0.39 is 0 Å². The Hall–Kier alpha value is -3.23. The number of rotatable bonds is 4. The van der Waals surface area contributed by atoms with Crippen molar-refractivity contribution in [3.8, 4) is 11.8 Å². The largest absolute Gasteiger partial charge is 0.289 e. The number of nitrogens with zero attached hydrogens (tertiary/aromatic N) is 3. The third-order valence-corrected chi connectivity index (χ3v) is 4.16. The molecular weight excluding hydrogens is 353 g/mol. The molecule has 0 bridgehead atoms. The average molecular weight is 366 g/mol. The SMILES string of the molecule is Cc1nn(-c2ccc(F)cc2)c(Cl)c1/C=C/C(=O)c1cccc(C#N)c1. The summed E-state index contributed by atoms with van der Waals surface area (Å²) in [5.41, 5.74) is 2.68. The minimum atomic E-state index is -0.348. The number of aryl methyl sites for hydroxylation is 1. The predicted molar refractivity (Wildman–Crippen MR) is 97.8 cm³/mol. The van der Waals surface area contributed by atoms with Gasteiger partial charge in [-0.25, -0.2) is 9.07 Å². The molecule has 0 amide bonds. The molecule has 0 aliphatic heterocycles. The third kappa shape index (κ3) is 3.56. The summed E-state index contributed by atoms with van der Waals surface area (Å²) in [7, 11) is 0. The molecule has 3 rings (SSSR count). The quantitative estimate of drug-likeness (QED) is 0.495. The first-order valence-electron chi connectivity index (χ1n) is 7.73. The molecule has 4 nitrogen and oxygen atoms in total. The highest BCUT2D eigenvalue weighted by Gasteiger charge is 2.13. The standard InChI is InChI=1S/C20H13ClFN3O/c1-13-18(9-10-19(26)15-4-2-3-14(11-15)12-23)20(21)25(24-13)17-7-5-16(22)6-8-17/h2-11H,1H3/b10-9+. The topological polar surface area (TPSA) is 58.7 Å². The predicted octanol–water partition coefficient (Wildman–Crippen LogP) is 4.74. The van der Waals surface area contributed by atoms with Crippen LogP contribution in [-0.2, 0) is 0 Å². The molecule has 0 N–H and O–H groups in total. The van der Waals surface area contributed by atoms with Gasteiger partial charge in [0.1, 0.15) is 11.0 Å². The van der Waals surface area contributed by atoms with Gasteiger partial charge in [0.05, 0.1) is 23.0 Å². The Morgan fingerprint density at radius 2 is 2.00 bits per heavy atom. The van der Waals surface area contributed by atoms with Crippen LogP contribution in [0.2, 0.25) is 5.15 Å². The molecule has 0 radical (unpaired) electrons. The zero-order valence-corrected chi connectivity index (χ0v) is 14.5. The minimum Gasteiger partial charge on any atom is -0.289 e. The number of hydrogen-bond acceptors (Lipinski definition) is 3. The number of benzene rings is 2. The van der Waals surface area contributed by atoms with Gasteiger partial charge in [-0.15, -0.1) is 0 Å². The summed E-state index contributed by atoms with van der Waals surface area (Å²) in [6.07, 6.45) is 2.98. The number of halogens is 2. The molecular formula is C20H13ClFN3O. The van der Waals surface area contributed by atoms with Gasteiger partial charge in [0.2, 0.25) is 0 Å². The molecule has 2 aromatic carbocycles. The van der Waals surface area contributed by atoms with Crippen LogP contribution in [0.25, 0.3) is 11.8 Å². The van der Waals surface area contributed by atoms with Crippen LogP contribution in [0.15, 0.2) is 54.6 Å². The molecule has 0 fully saturated rings. The van der Waals surface area contributed by atoms with Crippen molar-refractivity contribution in [1.29, 1.82) is 5.26 Å². The molecule has 128 valence electrons. The van der Waals surface area contributed by atoms with Crippen LogP contribution in [-0.4, -0.2) is 15.6 Å². The highest BCUT2D eigenvalue weighted by molar-refractivity contribution is 6.31. The van der Waals surface area contributed by atoms with E-state index in [0.29, 0.717) is 33.2 Å². The van der Waals surface area contributed by atoms with Crippen molar-refractivity contribution in [3.63, 3.8) is 0 Å². The zero-order valence-electron chi connectivity index (χ0n) is 13.8. The fraction of sp³-hybridized carbons (Fsp3) is 0.0500. The second-order valence-corrected chi connectivity index (χ2v) is 5.93. The van der Waals surface area contributed by atoms with Gasteiger partial charge in [-0.3, -0.25) is 4.79 Å². The number of carbonyl (C=O) groups is 1. The van der Waals surface area contributed by atoms with E-state index in [1.54, 1.807) is 43.3 Å². The molecule has 0 aliphatic carbocycles. The Morgan fingerprint density at radius 3 is 2.69 bits per heavy atom. The summed E-state index contributed by atoms with van der Waals surface area (Å²) in [5, 5.41) is 13.6. The van der Waals surface area contributed by atoms with Crippen molar-refractivity contribution in [2.24, 2.45) is 0 Å². The van der Waals surface area contributed by atoms with E-state index in [1.165, 1.54) is 29.0 Å². The van der Waals surface area contributed by atoms with E-state index in [-0.39, 0.29) is 11.6 Å². The minimum absolute atomic E-state index is 0.243. The molecule has 3 aromatic rings. The maximum Gasteiger partial charge on any atom is 0.185 e. The Kier molecular flexibility index (Phi) is 4.97. The maximum atomic E-state index is 13.1. The van der Waals surface area contributed by atoms with Crippen molar-refractivity contribution in [1.82, 2.24) is 9.78 Å². The summed E-state index contributed by atoms with van der Waals surface area (Å²) in [6.45, 7) is 1.77. The monoisotopic (exact) mass is 365 g/mol. The second-order valence-electron chi connectivity index (χ2n) is 5.57. The number of aromatic nitrogens is 2. The second kappa shape index (κ2) is 7.34. The van der Waals surface area contributed by atoms with Crippen molar-refractivity contribution < 1.29 is 9.18 Å². The summed E-state index contributed by atoms with van der Waals surface area (Å²) < 4.78 is 14.6. The molecule has 0 saturated heterocycles. The van der Waals surface area contributed by atoms with Crippen molar-refractivity contribution in [2.75, 3.05) is 0 Å². The van der Waals surface area contributed by atoms with Crippen LogP contribution in [0.3, 0.4) is 0 Å². The third-order valence-electron chi connectivity index (χ3n) is 3.80. The van der Waals surface area contributed by atoms with E-state index in [9.17, 15) is 9.18 Å². The fourth-order valence-electron chi connectivity index (χ4n) is 2.45. The van der Waals surface area contributed by atoms with Gasteiger partial charge in [-0.05, 0) is 55.5 Å². The van der Waals surface area contributed by atoms with Crippen molar-refractivity contribution in [2.45, 2.75) is 6.92 Å². The first-order valence-corrected chi connectivity index (χ1v) is 8.11. The average Bonchev–Trinajstić information content (AvgIpc) is 2.94. The Morgan fingerprint density at radius 1 is 1.27 bits per heavy atom. The van der Waals surface area contributed by atoms with Crippen molar-refractivity contribution in [3.05, 3.63) is 88.0 Å². The molecule has 6 heteroatoms. The van der Waals surface area contributed by atoms with E-state index in [0.717, 1.165) is 0 Å². The molecule has 26 heavy (non-hydrogen) atoms. The van der Waals surface area contributed by atoms with Crippen LogP contribution in [0, 0.1) is 24.1 Å². The Balaban J connectivity index is 1.90. The van der Waals surface area contributed by atoms with Crippen LogP contribution < -0.4 is 0 Å². The van der Waals surface area contributed by atoms with Gasteiger partial charge in [-0.2, -0.15) is 10.4 Å². The first kappa shape index (κ1) is 17.6. The molecule has 1 aromatic heterocycles. The van der Waals surface area contributed by atoms with Crippen LogP contribution >= 0.6 is 11.6 Å². The molecule has 0 spiro atoms. The molecule has 0 unspecified atom stereocenters. The normalized spacial score (nSPS) is 10.8. The van der Waals surface area contributed by atoms with Gasteiger partial charge in [0.15, 0.2) is 5.78 Å². The number of carbonyl (C=O) groups excluding carboxylic acids is 1. The Labute approximate surface area is 154 Å². The van der Waals surface area contributed by atoms with E-state index >= 15 is 0 Å². The fourth-order valence-corrected chi connectivity index (χ4v) is 2.79. The van der Waals surface area contributed by atoms with E-state index in [2.05, 4.69) is 5.10 Å². The van der Waals surface area contributed by atoms with Gasteiger partial charge < -0.3 is 0 Å². The van der Waals surface area contributed by atoms with Crippen molar-refractivity contribution >= 4 is 23.5 Å². The van der Waals surface area contributed by atoms with Crippen LogP contribution in [0.4, 0.5) is 4.39 Å². The highest BCUT2D eigenvalue weighted by atomic mass is 35.5.